The second-order valence-electron chi connectivity index (χ2n) is 8.32. The molecule has 2 saturated heterocycles. The third kappa shape index (κ3) is 3.79. The summed E-state index contributed by atoms with van der Waals surface area (Å²) in [7, 11) is 0. The van der Waals surface area contributed by atoms with Crippen molar-refractivity contribution in [2.75, 3.05) is 26.2 Å². The molecule has 4 rings (SSSR count). The van der Waals surface area contributed by atoms with Crippen LogP contribution in [-0.2, 0) is 21.1 Å². The Kier molecular flexibility index (Phi) is 5.40. The van der Waals surface area contributed by atoms with Crippen LogP contribution in [0.4, 0.5) is 13.2 Å². The molecule has 1 aromatic carbocycles. The molecule has 3 fully saturated rings. The van der Waals surface area contributed by atoms with Gasteiger partial charge in [0.2, 0.25) is 5.91 Å². The van der Waals surface area contributed by atoms with Gasteiger partial charge in [-0.2, -0.15) is 13.2 Å². The minimum Gasteiger partial charge on any atom is -0.373 e. The summed E-state index contributed by atoms with van der Waals surface area (Å²) in [6.45, 7) is 2.98. The summed E-state index contributed by atoms with van der Waals surface area (Å²) in [5.41, 5.74) is -1.09. The number of nitrogens with one attached hydrogen (secondary N) is 1. The molecule has 3 aliphatic rings. The Morgan fingerprint density at radius 3 is 2.79 bits per heavy atom. The van der Waals surface area contributed by atoms with Gasteiger partial charge in [-0.3, -0.25) is 9.69 Å². The molecule has 0 unspecified atom stereocenters. The normalized spacial score (nSPS) is 27.5. The summed E-state index contributed by atoms with van der Waals surface area (Å²) in [5, 5.41) is 3.00. The second-order valence-corrected chi connectivity index (χ2v) is 8.32. The van der Waals surface area contributed by atoms with Crippen molar-refractivity contribution in [2.24, 2.45) is 0 Å². The average Bonchev–Trinajstić information content (AvgIpc) is 3.35. The van der Waals surface area contributed by atoms with E-state index in [1.54, 1.807) is 6.07 Å². The van der Waals surface area contributed by atoms with E-state index in [9.17, 15) is 18.0 Å². The quantitative estimate of drug-likeness (QED) is 0.847. The summed E-state index contributed by atoms with van der Waals surface area (Å²) >= 11 is 0. The van der Waals surface area contributed by atoms with Crippen molar-refractivity contribution in [1.82, 2.24) is 10.2 Å². The third-order valence-corrected chi connectivity index (χ3v) is 6.59. The molecule has 1 amide bonds. The van der Waals surface area contributed by atoms with Crippen LogP contribution in [0.25, 0.3) is 0 Å². The molecule has 1 aromatic rings. The Hall–Kier alpha value is -1.60. The molecular weight excluding hydrogens is 369 g/mol. The highest BCUT2D eigenvalue weighted by Gasteiger charge is 2.44. The van der Waals surface area contributed by atoms with Crippen molar-refractivity contribution in [3.05, 3.63) is 35.4 Å². The molecule has 0 radical (unpaired) electrons. The molecule has 1 aliphatic carbocycles. The lowest BCUT2D eigenvalue weighted by Gasteiger charge is -2.36. The molecule has 28 heavy (non-hydrogen) atoms. The minimum atomic E-state index is -4.41. The van der Waals surface area contributed by atoms with Crippen LogP contribution in [0, 0.1) is 0 Å². The highest BCUT2D eigenvalue weighted by Crippen LogP contribution is 2.43. The van der Waals surface area contributed by atoms with Crippen molar-refractivity contribution in [3.8, 4) is 0 Å². The number of morpholine rings is 1. The smallest absolute Gasteiger partial charge is 0.373 e. The van der Waals surface area contributed by atoms with Gasteiger partial charge in [-0.1, -0.05) is 31.0 Å². The maximum atomic E-state index is 13.2. The number of amides is 1. The van der Waals surface area contributed by atoms with Crippen molar-refractivity contribution < 1.29 is 22.7 Å². The van der Waals surface area contributed by atoms with Gasteiger partial charge >= 0.3 is 6.18 Å². The van der Waals surface area contributed by atoms with Crippen LogP contribution in [0.15, 0.2) is 24.3 Å². The number of hydrogen-bond donors (Lipinski definition) is 1. The summed E-state index contributed by atoms with van der Waals surface area (Å²) in [4.78, 5) is 15.6. The second kappa shape index (κ2) is 7.67. The lowest BCUT2D eigenvalue weighted by atomic mass is 9.77. The largest absolute Gasteiger partial charge is 0.416 e. The predicted octanol–water partition coefficient (Wildman–Crippen LogP) is 3.50. The van der Waals surface area contributed by atoms with Crippen molar-refractivity contribution in [2.45, 2.75) is 62.3 Å². The first-order chi connectivity index (χ1) is 13.4. The Balaban J connectivity index is 1.46. The summed E-state index contributed by atoms with van der Waals surface area (Å²) < 4.78 is 45.4. The van der Waals surface area contributed by atoms with Crippen LogP contribution >= 0.6 is 0 Å². The molecule has 2 aliphatic heterocycles. The monoisotopic (exact) mass is 396 g/mol. The number of ether oxygens (including phenoxy) is 1. The number of alkyl halides is 3. The van der Waals surface area contributed by atoms with Gasteiger partial charge in [0.15, 0.2) is 0 Å². The molecule has 2 atom stereocenters. The molecule has 1 N–H and O–H groups in total. The molecule has 0 aromatic heterocycles. The van der Waals surface area contributed by atoms with Gasteiger partial charge in [0, 0.05) is 19.1 Å². The van der Waals surface area contributed by atoms with Crippen LogP contribution in [-0.4, -0.2) is 49.2 Å². The number of rotatable bonds is 4. The number of benzene rings is 1. The average molecular weight is 396 g/mol. The first-order valence-corrected chi connectivity index (χ1v) is 10.2. The fourth-order valence-electron chi connectivity index (χ4n) is 5.00. The Morgan fingerprint density at radius 1 is 1.25 bits per heavy atom. The lowest BCUT2D eigenvalue weighted by molar-refractivity contribution is -0.138. The molecule has 0 spiro atoms. The molecule has 0 bridgehead atoms. The summed E-state index contributed by atoms with van der Waals surface area (Å²) in [6, 6.07) is 5.77. The van der Waals surface area contributed by atoms with E-state index in [-0.39, 0.29) is 12.0 Å². The van der Waals surface area contributed by atoms with Crippen molar-refractivity contribution in [3.63, 3.8) is 0 Å². The van der Waals surface area contributed by atoms with Crippen molar-refractivity contribution >= 4 is 5.91 Å². The number of carbonyl (C=O) groups excluding carboxylic acids is 1. The van der Waals surface area contributed by atoms with E-state index in [1.807, 2.05) is 0 Å². The van der Waals surface area contributed by atoms with Gasteiger partial charge in [0.05, 0.1) is 23.7 Å². The first-order valence-electron chi connectivity index (χ1n) is 10.2. The molecule has 1 saturated carbocycles. The maximum Gasteiger partial charge on any atom is 0.416 e. The SMILES string of the molecule is O=C(NC[C@@H]1CN2CCC[C@H]2CO1)C1(c2cccc(C(F)(F)F)c2)CCCC1. The zero-order valence-electron chi connectivity index (χ0n) is 15.9. The Bertz CT molecular complexity index is 716. The number of halogens is 3. The predicted molar refractivity (Wildman–Crippen MR) is 98.9 cm³/mol. The zero-order valence-corrected chi connectivity index (χ0v) is 15.9. The molecule has 4 nitrogen and oxygen atoms in total. The van der Waals surface area contributed by atoms with E-state index in [0.29, 0.717) is 37.6 Å². The molecule has 7 heteroatoms. The topological polar surface area (TPSA) is 41.6 Å². The summed E-state index contributed by atoms with van der Waals surface area (Å²) in [6.07, 6.45) is 0.744. The Morgan fingerprint density at radius 2 is 2.04 bits per heavy atom. The van der Waals surface area contributed by atoms with Crippen LogP contribution in [0.1, 0.15) is 49.7 Å². The standard InChI is InChI=1S/C21H27F3N2O2/c22-21(23,24)16-6-3-5-15(11-16)20(8-1-2-9-20)19(27)25-12-18-13-26-10-4-7-17(26)14-28-18/h3,5-6,11,17-18H,1-2,4,7-10,12-14H2,(H,25,27)/t17-,18+/m0/s1. The highest BCUT2D eigenvalue weighted by atomic mass is 19.4. The molecule has 2 heterocycles. The number of carbonyl (C=O) groups is 1. The van der Waals surface area contributed by atoms with E-state index in [0.717, 1.165) is 44.5 Å². The van der Waals surface area contributed by atoms with Gasteiger partial charge in [-0.25, -0.2) is 0 Å². The fraction of sp³-hybridized carbons (Fsp3) is 0.667. The fourth-order valence-corrected chi connectivity index (χ4v) is 5.00. The number of hydrogen-bond acceptors (Lipinski definition) is 3. The van der Waals surface area contributed by atoms with E-state index < -0.39 is 17.2 Å². The van der Waals surface area contributed by atoms with E-state index in [2.05, 4.69) is 10.2 Å². The maximum absolute atomic E-state index is 13.2. The van der Waals surface area contributed by atoms with Crippen LogP contribution in [0.3, 0.4) is 0 Å². The number of fused-ring (bicyclic) bond motifs is 1. The van der Waals surface area contributed by atoms with E-state index in [4.69, 9.17) is 4.74 Å². The minimum absolute atomic E-state index is 0.0572. The van der Waals surface area contributed by atoms with Crippen LogP contribution in [0.2, 0.25) is 0 Å². The highest BCUT2D eigenvalue weighted by molar-refractivity contribution is 5.88. The van der Waals surface area contributed by atoms with Gasteiger partial charge in [-0.15, -0.1) is 0 Å². The van der Waals surface area contributed by atoms with E-state index >= 15 is 0 Å². The van der Waals surface area contributed by atoms with Gasteiger partial charge in [-0.05, 0) is 43.9 Å². The van der Waals surface area contributed by atoms with Gasteiger partial charge in [0.25, 0.3) is 0 Å². The summed E-state index contributed by atoms with van der Waals surface area (Å²) in [5.74, 6) is -0.170. The third-order valence-electron chi connectivity index (χ3n) is 6.59. The van der Waals surface area contributed by atoms with Gasteiger partial charge < -0.3 is 10.1 Å². The molecule has 154 valence electrons. The number of nitrogens with zero attached hydrogens (tertiary/aromatic N) is 1. The van der Waals surface area contributed by atoms with E-state index in [1.165, 1.54) is 12.5 Å². The molecular formula is C21H27F3N2O2. The van der Waals surface area contributed by atoms with Gasteiger partial charge in [0.1, 0.15) is 0 Å². The Labute approximate surface area is 163 Å². The zero-order chi connectivity index (χ0) is 19.8. The van der Waals surface area contributed by atoms with Crippen LogP contribution in [0.5, 0.6) is 0 Å². The van der Waals surface area contributed by atoms with Crippen molar-refractivity contribution in [1.29, 1.82) is 0 Å². The lowest BCUT2D eigenvalue weighted by Crippen LogP contribution is -2.52. The first kappa shape index (κ1) is 19.7. The van der Waals surface area contributed by atoms with Crippen LogP contribution < -0.4 is 5.32 Å².